The highest BCUT2D eigenvalue weighted by molar-refractivity contribution is 6.00. The molecule has 0 spiro atoms. The number of Topliss-reactive ketones (excluding diaryl/α,β-unsaturated/α-hetero) is 1. The standard InChI is InChI=1S/C15H19F3O2/c1-5-20-14(9(2)3)13(19)12-7-6-11(8-10(12)4)15(16,17)18/h6-9,14H,5H2,1-4H3. The molecular weight excluding hydrogens is 269 g/mol. The number of hydrogen-bond donors (Lipinski definition) is 0. The summed E-state index contributed by atoms with van der Waals surface area (Å²) in [6, 6.07) is 3.16. The van der Waals surface area contributed by atoms with Gasteiger partial charge in [0.15, 0.2) is 5.78 Å². The largest absolute Gasteiger partial charge is 0.416 e. The zero-order chi connectivity index (χ0) is 15.5. The highest BCUT2D eigenvalue weighted by Crippen LogP contribution is 2.31. The molecule has 2 nitrogen and oxygen atoms in total. The molecule has 0 saturated carbocycles. The molecule has 112 valence electrons. The Morgan fingerprint density at radius 1 is 1.30 bits per heavy atom. The summed E-state index contributed by atoms with van der Waals surface area (Å²) in [6.07, 6.45) is -5.03. The molecule has 0 saturated heterocycles. The van der Waals surface area contributed by atoms with Gasteiger partial charge in [0, 0.05) is 12.2 Å². The van der Waals surface area contributed by atoms with Crippen LogP contribution in [0.2, 0.25) is 0 Å². The average molecular weight is 288 g/mol. The SMILES string of the molecule is CCOC(C(=O)c1ccc(C(F)(F)F)cc1C)C(C)C. The number of carbonyl (C=O) groups excluding carboxylic acids is 1. The van der Waals surface area contributed by atoms with Crippen molar-refractivity contribution in [1.82, 2.24) is 0 Å². The molecule has 20 heavy (non-hydrogen) atoms. The van der Waals surface area contributed by atoms with Gasteiger partial charge in [-0.1, -0.05) is 19.9 Å². The second-order valence-electron chi connectivity index (χ2n) is 5.01. The van der Waals surface area contributed by atoms with Crippen molar-refractivity contribution in [1.29, 1.82) is 0 Å². The van der Waals surface area contributed by atoms with E-state index in [0.717, 1.165) is 12.1 Å². The molecule has 0 aliphatic heterocycles. The van der Waals surface area contributed by atoms with Crippen molar-refractivity contribution in [3.05, 3.63) is 34.9 Å². The quantitative estimate of drug-likeness (QED) is 0.757. The van der Waals surface area contributed by atoms with E-state index in [4.69, 9.17) is 4.74 Å². The third-order valence-electron chi connectivity index (χ3n) is 3.03. The first-order chi connectivity index (χ1) is 9.18. The van der Waals surface area contributed by atoms with E-state index in [0.29, 0.717) is 12.2 Å². The van der Waals surface area contributed by atoms with Crippen LogP contribution in [0.25, 0.3) is 0 Å². The smallest absolute Gasteiger partial charge is 0.370 e. The molecule has 0 aromatic heterocycles. The maximum absolute atomic E-state index is 12.6. The fourth-order valence-corrected chi connectivity index (χ4v) is 2.02. The van der Waals surface area contributed by atoms with Crippen molar-refractivity contribution in [2.75, 3.05) is 6.61 Å². The highest BCUT2D eigenvalue weighted by atomic mass is 19.4. The van der Waals surface area contributed by atoms with Gasteiger partial charge < -0.3 is 4.74 Å². The number of hydrogen-bond acceptors (Lipinski definition) is 2. The first kappa shape index (κ1) is 16.7. The lowest BCUT2D eigenvalue weighted by molar-refractivity contribution is -0.137. The summed E-state index contributed by atoms with van der Waals surface area (Å²) in [6.45, 7) is 7.36. The predicted octanol–water partition coefficient (Wildman–Crippen LogP) is 4.26. The average Bonchev–Trinajstić information content (AvgIpc) is 2.33. The number of aryl methyl sites for hydroxylation is 1. The van der Waals surface area contributed by atoms with E-state index < -0.39 is 17.8 Å². The second kappa shape index (κ2) is 6.39. The second-order valence-corrected chi connectivity index (χ2v) is 5.01. The number of alkyl halides is 3. The summed E-state index contributed by atoms with van der Waals surface area (Å²) in [5.74, 6) is -0.308. The zero-order valence-corrected chi connectivity index (χ0v) is 12.0. The van der Waals surface area contributed by atoms with Gasteiger partial charge in [0.1, 0.15) is 6.10 Å². The molecule has 0 aliphatic rings. The molecule has 0 bridgehead atoms. The normalized spacial score (nSPS) is 13.6. The lowest BCUT2D eigenvalue weighted by atomic mass is 9.93. The highest BCUT2D eigenvalue weighted by Gasteiger charge is 2.32. The molecule has 0 fully saturated rings. The monoisotopic (exact) mass is 288 g/mol. The Kier molecular flexibility index (Phi) is 5.34. The minimum atomic E-state index is -4.40. The summed E-state index contributed by atoms with van der Waals surface area (Å²) in [4.78, 5) is 12.4. The van der Waals surface area contributed by atoms with E-state index in [2.05, 4.69) is 0 Å². The van der Waals surface area contributed by atoms with E-state index in [1.165, 1.54) is 13.0 Å². The Bertz CT molecular complexity index is 478. The van der Waals surface area contributed by atoms with Crippen molar-refractivity contribution in [3.63, 3.8) is 0 Å². The molecule has 1 atom stereocenters. The van der Waals surface area contributed by atoms with Gasteiger partial charge in [-0.15, -0.1) is 0 Å². The van der Waals surface area contributed by atoms with Crippen molar-refractivity contribution < 1.29 is 22.7 Å². The van der Waals surface area contributed by atoms with E-state index in [9.17, 15) is 18.0 Å². The van der Waals surface area contributed by atoms with Crippen LogP contribution in [0.15, 0.2) is 18.2 Å². The van der Waals surface area contributed by atoms with Gasteiger partial charge in [-0.25, -0.2) is 0 Å². The van der Waals surface area contributed by atoms with Crippen LogP contribution < -0.4 is 0 Å². The third-order valence-corrected chi connectivity index (χ3v) is 3.03. The van der Waals surface area contributed by atoms with E-state index >= 15 is 0 Å². The zero-order valence-electron chi connectivity index (χ0n) is 12.0. The summed E-state index contributed by atoms with van der Waals surface area (Å²) in [5.41, 5.74) is -0.149. The maximum Gasteiger partial charge on any atom is 0.416 e. The van der Waals surface area contributed by atoms with Gasteiger partial charge in [-0.2, -0.15) is 13.2 Å². The molecule has 0 amide bonds. The molecule has 1 unspecified atom stereocenters. The fraction of sp³-hybridized carbons (Fsp3) is 0.533. The number of ether oxygens (including phenoxy) is 1. The number of benzene rings is 1. The molecule has 5 heteroatoms. The predicted molar refractivity (Wildman–Crippen MR) is 70.8 cm³/mol. The summed E-state index contributed by atoms with van der Waals surface area (Å²) < 4.78 is 43.2. The van der Waals surface area contributed by atoms with E-state index in [-0.39, 0.29) is 17.3 Å². The van der Waals surface area contributed by atoms with Gasteiger partial charge in [0.2, 0.25) is 0 Å². The van der Waals surface area contributed by atoms with Crippen LogP contribution in [0, 0.1) is 12.8 Å². The van der Waals surface area contributed by atoms with Crippen LogP contribution in [0.3, 0.4) is 0 Å². The third kappa shape index (κ3) is 3.82. The first-order valence-electron chi connectivity index (χ1n) is 6.52. The van der Waals surface area contributed by atoms with Gasteiger partial charge in [-0.3, -0.25) is 4.79 Å². The summed E-state index contributed by atoms with van der Waals surface area (Å²) >= 11 is 0. The van der Waals surface area contributed by atoms with Gasteiger partial charge in [0.05, 0.1) is 5.56 Å². The number of ketones is 1. The lowest BCUT2D eigenvalue weighted by Gasteiger charge is -2.20. The number of rotatable bonds is 5. The Morgan fingerprint density at radius 2 is 1.90 bits per heavy atom. The number of halogens is 3. The van der Waals surface area contributed by atoms with Crippen LogP contribution in [-0.4, -0.2) is 18.5 Å². The molecule has 1 rings (SSSR count). The van der Waals surface area contributed by atoms with Crippen LogP contribution >= 0.6 is 0 Å². The topological polar surface area (TPSA) is 26.3 Å². The fourth-order valence-electron chi connectivity index (χ4n) is 2.02. The van der Waals surface area contributed by atoms with E-state index in [1.54, 1.807) is 6.92 Å². The van der Waals surface area contributed by atoms with Crippen LogP contribution in [-0.2, 0) is 10.9 Å². The molecule has 0 aliphatic carbocycles. The minimum Gasteiger partial charge on any atom is -0.370 e. The van der Waals surface area contributed by atoms with Crippen molar-refractivity contribution in [3.8, 4) is 0 Å². The van der Waals surface area contributed by atoms with E-state index in [1.807, 2.05) is 13.8 Å². The van der Waals surface area contributed by atoms with Gasteiger partial charge >= 0.3 is 6.18 Å². The Hall–Kier alpha value is -1.36. The first-order valence-corrected chi connectivity index (χ1v) is 6.52. The maximum atomic E-state index is 12.6. The van der Waals surface area contributed by atoms with Gasteiger partial charge in [0.25, 0.3) is 0 Å². The van der Waals surface area contributed by atoms with Crippen molar-refractivity contribution >= 4 is 5.78 Å². The molecular formula is C15H19F3O2. The summed E-state index contributed by atoms with van der Waals surface area (Å²) in [7, 11) is 0. The van der Waals surface area contributed by atoms with Crippen LogP contribution in [0.5, 0.6) is 0 Å². The molecule has 0 heterocycles. The molecule has 0 N–H and O–H groups in total. The molecule has 1 aromatic rings. The Balaban J connectivity index is 3.11. The van der Waals surface area contributed by atoms with Crippen molar-refractivity contribution in [2.45, 2.75) is 40.0 Å². The van der Waals surface area contributed by atoms with Gasteiger partial charge in [-0.05, 0) is 37.5 Å². The molecule has 0 radical (unpaired) electrons. The van der Waals surface area contributed by atoms with Crippen LogP contribution in [0.1, 0.15) is 42.3 Å². The Labute approximate surface area is 116 Å². The minimum absolute atomic E-state index is 0.0378. The van der Waals surface area contributed by atoms with Crippen LogP contribution in [0.4, 0.5) is 13.2 Å². The number of carbonyl (C=O) groups is 1. The summed E-state index contributed by atoms with van der Waals surface area (Å²) in [5, 5.41) is 0. The Morgan fingerprint density at radius 3 is 2.30 bits per heavy atom. The molecule has 1 aromatic carbocycles. The lowest BCUT2D eigenvalue weighted by Crippen LogP contribution is -2.30. The van der Waals surface area contributed by atoms with Crippen molar-refractivity contribution in [2.24, 2.45) is 5.92 Å².